The number of nitrogens with zero attached hydrogens (tertiary/aromatic N) is 1. The monoisotopic (exact) mass is 309 g/mol. The van der Waals surface area contributed by atoms with Gasteiger partial charge >= 0.3 is 0 Å². The van der Waals surface area contributed by atoms with Crippen molar-refractivity contribution in [3.05, 3.63) is 15.6 Å². The normalized spacial score (nSPS) is 17.1. The number of carbonyl (C=O) groups is 1. The van der Waals surface area contributed by atoms with Gasteiger partial charge < -0.3 is 11.1 Å². The lowest BCUT2D eigenvalue weighted by molar-refractivity contribution is 0.0939. The first-order valence-electron chi connectivity index (χ1n) is 8.14. The summed E-state index contributed by atoms with van der Waals surface area (Å²) in [5, 5.41) is 4.22. The van der Waals surface area contributed by atoms with E-state index in [-0.39, 0.29) is 11.9 Å². The molecule has 2 rings (SSSR count). The zero-order valence-electron chi connectivity index (χ0n) is 13.2. The molecule has 1 aromatic heterocycles. The van der Waals surface area contributed by atoms with E-state index in [4.69, 9.17) is 5.73 Å². The molecule has 1 aromatic rings. The molecule has 1 saturated carbocycles. The van der Waals surface area contributed by atoms with Crippen molar-refractivity contribution in [2.24, 2.45) is 5.73 Å². The molecule has 0 saturated heterocycles. The van der Waals surface area contributed by atoms with Crippen molar-refractivity contribution in [3.63, 3.8) is 0 Å². The van der Waals surface area contributed by atoms with Crippen LogP contribution in [0.15, 0.2) is 0 Å². The Morgan fingerprint density at radius 3 is 2.81 bits per heavy atom. The third kappa shape index (κ3) is 4.27. The van der Waals surface area contributed by atoms with E-state index in [2.05, 4.69) is 17.2 Å². The number of aromatic nitrogens is 1. The first-order valence-corrected chi connectivity index (χ1v) is 8.95. The van der Waals surface area contributed by atoms with Crippen molar-refractivity contribution >= 4 is 17.2 Å². The minimum atomic E-state index is 0.000741. The van der Waals surface area contributed by atoms with Crippen molar-refractivity contribution in [2.45, 2.75) is 70.8 Å². The molecule has 1 heterocycles. The van der Waals surface area contributed by atoms with Crippen molar-refractivity contribution in [1.82, 2.24) is 10.3 Å². The maximum atomic E-state index is 12.4. The third-order valence-corrected chi connectivity index (χ3v) is 5.57. The highest BCUT2D eigenvalue weighted by atomic mass is 32.1. The standard InChI is InChI=1S/C16H27N3OS/c1-3-4-9-13(10-17)19-15(20)14-11(2)18-16(21-14)12-7-5-6-8-12/h12-13H,3-10,17H2,1-2H3,(H,19,20). The van der Waals surface area contributed by atoms with Crippen LogP contribution in [0.4, 0.5) is 0 Å². The van der Waals surface area contributed by atoms with E-state index in [1.165, 1.54) is 25.7 Å². The van der Waals surface area contributed by atoms with E-state index in [0.29, 0.717) is 12.5 Å². The Morgan fingerprint density at radius 1 is 1.48 bits per heavy atom. The smallest absolute Gasteiger partial charge is 0.263 e. The maximum absolute atomic E-state index is 12.4. The Labute approximate surface area is 131 Å². The van der Waals surface area contributed by atoms with Crippen molar-refractivity contribution < 1.29 is 4.79 Å². The number of nitrogens with two attached hydrogens (primary N) is 1. The number of nitrogens with one attached hydrogen (secondary N) is 1. The fourth-order valence-corrected chi connectivity index (χ4v) is 4.06. The van der Waals surface area contributed by atoms with Crippen molar-refractivity contribution in [2.75, 3.05) is 6.54 Å². The number of unbranched alkanes of at least 4 members (excludes halogenated alkanes) is 1. The van der Waals surface area contributed by atoms with Crippen molar-refractivity contribution in [3.8, 4) is 0 Å². The van der Waals surface area contributed by atoms with E-state index in [9.17, 15) is 4.79 Å². The van der Waals surface area contributed by atoms with Crippen LogP contribution < -0.4 is 11.1 Å². The first kappa shape index (κ1) is 16.4. The van der Waals surface area contributed by atoms with E-state index >= 15 is 0 Å². The molecule has 5 heteroatoms. The topological polar surface area (TPSA) is 68.0 Å². The zero-order valence-corrected chi connectivity index (χ0v) is 14.0. The molecule has 4 nitrogen and oxygen atoms in total. The molecule has 1 aliphatic carbocycles. The van der Waals surface area contributed by atoms with Crippen LogP contribution in [0.2, 0.25) is 0 Å². The fourth-order valence-electron chi connectivity index (χ4n) is 2.93. The molecular formula is C16H27N3OS. The highest BCUT2D eigenvalue weighted by molar-refractivity contribution is 7.13. The Morgan fingerprint density at radius 2 is 2.19 bits per heavy atom. The summed E-state index contributed by atoms with van der Waals surface area (Å²) < 4.78 is 0. The highest BCUT2D eigenvalue weighted by Crippen LogP contribution is 2.37. The molecule has 3 N–H and O–H groups in total. The molecule has 1 amide bonds. The van der Waals surface area contributed by atoms with Crippen LogP contribution >= 0.6 is 11.3 Å². The van der Waals surface area contributed by atoms with E-state index in [0.717, 1.165) is 34.8 Å². The molecule has 0 aromatic carbocycles. The number of amides is 1. The molecule has 21 heavy (non-hydrogen) atoms. The molecule has 1 aliphatic rings. The predicted molar refractivity (Wildman–Crippen MR) is 87.9 cm³/mol. The second kappa shape index (κ2) is 7.90. The van der Waals surface area contributed by atoms with Crippen molar-refractivity contribution in [1.29, 1.82) is 0 Å². The molecule has 0 bridgehead atoms. The van der Waals surface area contributed by atoms with Crippen LogP contribution in [0.1, 0.15) is 78.2 Å². The molecule has 0 aliphatic heterocycles. The maximum Gasteiger partial charge on any atom is 0.263 e. The minimum Gasteiger partial charge on any atom is -0.347 e. The number of hydrogen-bond donors (Lipinski definition) is 2. The zero-order chi connectivity index (χ0) is 15.2. The summed E-state index contributed by atoms with van der Waals surface area (Å²) in [7, 11) is 0. The van der Waals surface area contributed by atoms with Gasteiger partial charge in [-0.05, 0) is 26.2 Å². The van der Waals surface area contributed by atoms with E-state index in [1.54, 1.807) is 11.3 Å². The minimum absolute atomic E-state index is 0.000741. The Kier molecular flexibility index (Phi) is 6.18. The number of carbonyl (C=O) groups excluding carboxylic acids is 1. The SMILES string of the molecule is CCCCC(CN)NC(=O)c1sc(C2CCCC2)nc1C. The Bertz CT molecular complexity index is 466. The molecule has 118 valence electrons. The van der Waals surface area contributed by atoms with Crippen LogP contribution in [0, 0.1) is 6.92 Å². The average molecular weight is 309 g/mol. The highest BCUT2D eigenvalue weighted by Gasteiger charge is 2.24. The lowest BCUT2D eigenvalue weighted by Gasteiger charge is -2.15. The van der Waals surface area contributed by atoms with Crippen LogP contribution in [-0.2, 0) is 0 Å². The molecule has 0 radical (unpaired) electrons. The van der Waals surface area contributed by atoms with Crippen LogP contribution in [0.5, 0.6) is 0 Å². The summed E-state index contributed by atoms with van der Waals surface area (Å²) in [6.07, 6.45) is 8.18. The van der Waals surface area contributed by atoms with Gasteiger partial charge in [0.1, 0.15) is 4.88 Å². The second-order valence-corrected chi connectivity index (χ2v) is 7.03. The number of thiazole rings is 1. The summed E-state index contributed by atoms with van der Waals surface area (Å²) in [6, 6.07) is 0.0777. The quantitative estimate of drug-likeness (QED) is 0.811. The molecule has 1 atom stereocenters. The van der Waals surface area contributed by atoms with Gasteiger partial charge in [0.15, 0.2) is 0 Å². The number of hydrogen-bond acceptors (Lipinski definition) is 4. The number of rotatable bonds is 7. The fraction of sp³-hybridized carbons (Fsp3) is 0.750. The van der Waals surface area contributed by atoms with Crippen LogP contribution in [0.3, 0.4) is 0 Å². The third-order valence-electron chi connectivity index (χ3n) is 4.25. The van der Waals surface area contributed by atoms with Gasteiger partial charge in [-0.2, -0.15) is 0 Å². The predicted octanol–water partition coefficient (Wildman–Crippen LogP) is 3.36. The summed E-state index contributed by atoms with van der Waals surface area (Å²) in [5.74, 6) is 0.571. The first-order chi connectivity index (χ1) is 10.2. The van der Waals surface area contributed by atoms with Gasteiger partial charge in [0, 0.05) is 18.5 Å². The van der Waals surface area contributed by atoms with E-state index in [1.807, 2.05) is 6.92 Å². The van der Waals surface area contributed by atoms with Gasteiger partial charge in [-0.25, -0.2) is 4.98 Å². The largest absolute Gasteiger partial charge is 0.347 e. The second-order valence-electron chi connectivity index (χ2n) is 6.00. The summed E-state index contributed by atoms with van der Waals surface area (Å²) in [5.41, 5.74) is 6.62. The van der Waals surface area contributed by atoms with Gasteiger partial charge in [0.05, 0.1) is 10.7 Å². The summed E-state index contributed by atoms with van der Waals surface area (Å²) >= 11 is 1.58. The van der Waals surface area contributed by atoms with Gasteiger partial charge in [-0.3, -0.25) is 4.79 Å². The molecular weight excluding hydrogens is 282 g/mol. The molecule has 1 fully saturated rings. The van der Waals surface area contributed by atoms with Gasteiger partial charge in [-0.1, -0.05) is 32.6 Å². The van der Waals surface area contributed by atoms with E-state index < -0.39 is 0 Å². The Hall–Kier alpha value is -0.940. The van der Waals surface area contributed by atoms with Gasteiger partial charge in [0.25, 0.3) is 5.91 Å². The lowest BCUT2D eigenvalue weighted by atomic mass is 10.1. The average Bonchev–Trinajstić information content (AvgIpc) is 3.12. The summed E-state index contributed by atoms with van der Waals surface area (Å²) in [4.78, 5) is 17.8. The summed E-state index contributed by atoms with van der Waals surface area (Å²) in [6.45, 7) is 4.59. The molecule has 0 spiro atoms. The van der Waals surface area contributed by atoms with Gasteiger partial charge in [0.2, 0.25) is 0 Å². The Balaban J connectivity index is 2.01. The molecule has 1 unspecified atom stereocenters. The van der Waals surface area contributed by atoms with Crippen LogP contribution in [-0.4, -0.2) is 23.5 Å². The lowest BCUT2D eigenvalue weighted by Crippen LogP contribution is -2.40. The van der Waals surface area contributed by atoms with Crippen LogP contribution in [0.25, 0.3) is 0 Å². The van der Waals surface area contributed by atoms with Gasteiger partial charge in [-0.15, -0.1) is 11.3 Å². The number of aryl methyl sites for hydroxylation is 1.